The zero-order valence-electron chi connectivity index (χ0n) is 8.31. The second-order valence-corrected chi connectivity index (χ2v) is 3.38. The van der Waals surface area contributed by atoms with Gasteiger partial charge in [0.1, 0.15) is 5.82 Å². The molecule has 82 valence electrons. The summed E-state index contributed by atoms with van der Waals surface area (Å²) in [5, 5.41) is 5.10. The third-order valence-electron chi connectivity index (χ3n) is 1.74. The number of hydrogen-bond acceptors (Lipinski definition) is 1. The fourth-order valence-electron chi connectivity index (χ4n) is 1.01. The molecular weight excluding hydrogens is 219 g/mol. The van der Waals surface area contributed by atoms with Crippen LogP contribution in [0.2, 0.25) is 5.02 Å². The second kappa shape index (κ2) is 5.56. The monoisotopic (exact) mass is 230 g/mol. The van der Waals surface area contributed by atoms with Gasteiger partial charge in [-0.25, -0.2) is 9.18 Å². The lowest BCUT2D eigenvalue weighted by Crippen LogP contribution is -2.29. The molecule has 0 bridgehead atoms. The van der Waals surface area contributed by atoms with E-state index in [9.17, 15) is 9.18 Å². The van der Waals surface area contributed by atoms with Gasteiger partial charge in [-0.15, -0.1) is 0 Å². The Hall–Kier alpha value is -1.29. The lowest BCUT2D eigenvalue weighted by atomic mass is 10.3. The Bertz CT molecular complexity index is 337. The molecule has 0 aliphatic carbocycles. The molecule has 2 amide bonds. The fraction of sp³-hybridized carbons (Fsp3) is 0.300. The average molecular weight is 231 g/mol. The van der Waals surface area contributed by atoms with Gasteiger partial charge in [0.15, 0.2) is 0 Å². The first kappa shape index (κ1) is 11.8. The van der Waals surface area contributed by atoms with E-state index < -0.39 is 11.8 Å². The number of carbonyl (C=O) groups excluding carboxylic acids is 1. The van der Waals surface area contributed by atoms with Crippen LogP contribution >= 0.6 is 11.6 Å². The second-order valence-electron chi connectivity index (χ2n) is 2.98. The molecule has 15 heavy (non-hydrogen) atoms. The smallest absolute Gasteiger partial charge is 0.319 e. The van der Waals surface area contributed by atoms with Crippen LogP contribution in [0.1, 0.15) is 13.3 Å². The van der Waals surface area contributed by atoms with Gasteiger partial charge in [-0.3, -0.25) is 0 Å². The number of amides is 2. The van der Waals surface area contributed by atoms with Crippen molar-refractivity contribution in [3.05, 3.63) is 29.0 Å². The minimum absolute atomic E-state index is 0.00719. The molecule has 0 heterocycles. The number of hydrogen-bond donors (Lipinski definition) is 2. The zero-order valence-corrected chi connectivity index (χ0v) is 9.07. The number of benzene rings is 1. The molecule has 0 atom stereocenters. The van der Waals surface area contributed by atoms with Crippen molar-refractivity contribution in [1.29, 1.82) is 0 Å². The van der Waals surface area contributed by atoms with Gasteiger partial charge in [0.25, 0.3) is 0 Å². The van der Waals surface area contributed by atoms with E-state index in [1.807, 2.05) is 6.92 Å². The summed E-state index contributed by atoms with van der Waals surface area (Å²) in [4.78, 5) is 11.2. The Morgan fingerprint density at radius 3 is 2.87 bits per heavy atom. The number of nitrogens with one attached hydrogen (secondary N) is 2. The van der Waals surface area contributed by atoms with Crippen LogP contribution in [0.4, 0.5) is 14.9 Å². The predicted octanol–water partition coefficient (Wildman–Crippen LogP) is 3.01. The number of halogens is 2. The summed E-state index contributed by atoms with van der Waals surface area (Å²) >= 11 is 5.73. The van der Waals surface area contributed by atoms with E-state index in [-0.39, 0.29) is 10.7 Å². The van der Waals surface area contributed by atoms with Gasteiger partial charge >= 0.3 is 6.03 Å². The summed E-state index contributed by atoms with van der Waals surface area (Å²) in [5.74, 6) is -0.547. The molecule has 0 fully saturated rings. The van der Waals surface area contributed by atoms with Crippen LogP contribution in [0, 0.1) is 5.82 Å². The van der Waals surface area contributed by atoms with Crippen LogP contribution in [0.15, 0.2) is 18.2 Å². The third kappa shape index (κ3) is 3.40. The highest BCUT2D eigenvalue weighted by molar-refractivity contribution is 6.33. The van der Waals surface area contributed by atoms with Crippen LogP contribution in [0.25, 0.3) is 0 Å². The van der Waals surface area contributed by atoms with Crippen LogP contribution in [-0.2, 0) is 0 Å². The normalized spacial score (nSPS) is 9.80. The molecule has 5 heteroatoms. The van der Waals surface area contributed by atoms with Crippen LogP contribution < -0.4 is 10.6 Å². The quantitative estimate of drug-likeness (QED) is 0.824. The average Bonchev–Trinajstić information content (AvgIpc) is 2.21. The van der Waals surface area contributed by atoms with E-state index in [0.29, 0.717) is 6.54 Å². The van der Waals surface area contributed by atoms with Gasteiger partial charge < -0.3 is 10.6 Å². The van der Waals surface area contributed by atoms with Gasteiger partial charge in [-0.1, -0.05) is 24.6 Å². The van der Waals surface area contributed by atoms with Gasteiger partial charge in [0.2, 0.25) is 0 Å². The van der Waals surface area contributed by atoms with E-state index >= 15 is 0 Å². The molecule has 0 aliphatic heterocycles. The molecule has 0 unspecified atom stereocenters. The van der Waals surface area contributed by atoms with Crippen molar-refractivity contribution in [2.24, 2.45) is 0 Å². The van der Waals surface area contributed by atoms with E-state index in [0.717, 1.165) is 6.42 Å². The molecule has 1 aromatic rings. The van der Waals surface area contributed by atoms with Crippen molar-refractivity contribution in [2.75, 3.05) is 11.9 Å². The fourth-order valence-corrected chi connectivity index (χ4v) is 1.22. The molecule has 0 aliphatic rings. The summed E-state index contributed by atoms with van der Waals surface area (Å²) in [5.41, 5.74) is 0.00719. The maximum absolute atomic E-state index is 13.2. The molecule has 1 rings (SSSR count). The van der Waals surface area contributed by atoms with Crippen molar-refractivity contribution in [1.82, 2.24) is 5.32 Å². The summed E-state index contributed by atoms with van der Waals surface area (Å²) in [6.07, 6.45) is 0.818. The van der Waals surface area contributed by atoms with Gasteiger partial charge in [0.05, 0.1) is 10.7 Å². The van der Waals surface area contributed by atoms with E-state index in [1.54, 1.807) is 0 Å². The van der Waals surface area contributed by atoms with Gasteiger partial charge in [-0.05, 0) is 18.6 Å². The van der Waals surface area contributed by atoms with Crippen LogP contribution in [-0.4, -0.2) is 12.6 Å². The first-order chi connectivity index (χ1) is 7.15. The third-order valence-corrected chi connectivity index (χ3v) is 2.05. The highest BCUT2D eigenvalue weighted by atomic mass is 35.5. The predicted molar refractivity (Wildman–Crippen MR) is 58.7 cm³/mol. The largest absolute Gasteiger partial charge is 0.338 e. The zero-order chi connectivity index (χ0) is 11.3. The topological polar surface area (TPSA) is 41.1 Å². The Balaban J connectivity index is 2.68. The van der Waals surface area contributed by atoms with Crippen molar-refractivity contribution in [2.45, 2.75) is 13.3 Å². The summed E-state index contributed by atoms with van der Waals surface area (Å²) in [6.45, 7) is 2.47. The first-order valence-electron chi connectivity index (χ1n) is 4.64. The standard InChI is InChI=1S/C10H12ClFN2O/c1-2-6-13-10(15)14-9-7(11)4-3-5-8(9)12/h3-5H,2,6H2,1H3,(H2,13,14,15). The number of anilines is 1. The van der Waals surface area contributed by atoms with E-state index in [1.165, 1.54) is 18.2 Å². The molecule has 2 N–H and O–H groups in total. The number of urea groups is 1. The lowest BCUT2D eigenvalue weighted by Gasteiger charge is -2.08. The summed E-state index contributed by atoms with van der Waals surface area (Å²) < 4.78 is 13.2. The molecule has 0 spiro atoms. The molecule has 1 aromatic carbocycles. The Kier molecular flexibility index (Phi) is 4.37. The Labute approximate surface area is 92.6 Å². The molecule has 0 aromatic heterocycles. The van der Waals surface area contributed by atoms with Crippen molar-refractivity contribution in [3.8, 4) is 0 Å². The maximum Gasteiger partial charge on any atom is 0.319 e. The lowest BCUT2D eigenvalue weighted by molar-refractivity contribution is 0.252. The maximum atomic E-state index is 13.2. The Morgan fingerprint density at radius 2 is 2.27 bits per heavy atom. The van der Waals surface area contributed by atoms with Gasteiger partial charge in [-0.2, -0.15) is 0 Å². The van der Waals surface area contributed by atoms with Crippen molar-refractivity contribution < 1.29 is 9.18 Å². The van der Waals surface area contributed by atoms with Crippen molar-refractivity contribution in [3.63, 3.8) is 0 Å². The number of carbonyl (C=O) groups is 1. The molecular formula is C10H12ClFN2O. The van der Waals surface area contributed by atoms with Crippen LogP contribution in [0.3, 0.4) is 0 Å². The highest BCUT2D eigenvalue weighted by Crippen LogP contribution is 2.24. The summed E-state index contributed by atoms with van der Waals surface area (Å²) in [7, 11) is 0. The van der Waals surface area contributed by atoms with E-state index in [4.69, 9.17) is 11.6 Å². The SMILES string of the molecule is CCCNC(=O)Nc1c(F)cccc1Cl. The first-order valence-corrected chi connectivity index (χ1v) is 5.01. The number of para-hydroxylation sites is 1. The summed E-state index contributed by atoms with van der Waals surface area (Å²) in [6, 6.07) is 3.78. The van der Waals surface area contributed by atoms with Crippen LogP contribution in [0.5, 0.6) is 0 Å². The Morgan fingerprint density at radius 1 is 1.53 bits per heavy atom. The number of rotatable bonds is 3. The highest BCUT2D eigenvalue weighted by Gasteiger charge is 2.09. The van der Waals surface area contributed by atoms with Gasteiger partial charge in [0, 0.05) is 6.54 Å². The minimum Gasteiger partial charge on any atom is -0.338 e. The molecule has 0 saturated heterocycles. The minimum atomic E-state index is -0.547. The van der Waals surface area contributed by atoms with Crippen molar-refractivity contribution >= 4 is 23.3 Å². The molecule has 0 radical (unpaired) electrons. The van der Waals surface area contributed by atoms with E-state index in [2.05, 4.69) is 10.6 Å². The molecule has 0 saturated carbocycles. The molecule has 3 nitrogen and oxygen atoms in total.